The summed E-state index contributed by atoms with van der Waals surface area (Å²) in [6.07, 6.45) is 3.53. The van der Waals surface area contributed by atoms with Crippen LogP contribution in [-0.4, -0.2) is 20.3 Å². The third kappa shape index (κ3) is 2.91. The summed E-state index contributed by atoms with van der Waals surface area (Å²) in [4.78, 5) is 0. The fourth-order valence-corrected chi connectivity index (χ4v) is 2.07. The molecule has 0 amide bonds. The molecule has 1 fully saturated rings. The van der Waals surface area contributed by atoms with Gasteiger partial charge in [-0.1, -0.05) is 6.07 Å². The van der Waals surface area contributed by atoms with Gasteiger partial charge < -0.3 is 15.2 Å². The van der Waals surface area contributed by atoms with Crippen LogP contribution in [0.2, 0.25) is 0 Å². The van der Waals surface area contributed by atoms with Gasteiger partial charge in [-0.2, -0.15) is 0 Å². The second-order valence-corrected chi connectivity index (χ2v) is 4.98. The Kier molecular flexibility index (Phi) is 3.57. The van der Waals surface area contributed by atoms with Crippen molar-refractivity contribution in [2.24, 2.45) is 11.1 Å². The molecule has 1 aliphatic rings. The van der Waals surface area contributed by atoms with Crippen molar-refractivity contribution >= 4 is 0 Å². The van der Waals surface area contributed by atoms with Gasteiger partial charge in [0.05, 0.1) is 13.7 Å². The molecule has 0 spiro atoms. The monoisotopic (exact) mass is 235 g/mol. The Bertz CT molecular complexity index is 386. The number of methoxy groups -OCH3 is 1. The fraction of sp³-hybridized carbons (Fsp3) is 0.571. The molecule has 94 valence electrons. The van der Waals surface area contributed by atoms with Gasteiger partial charge in [0, 0.05) is 5.41 Å². The van der Waals surface area contributed by atoms with Crippen LogP contribution < -0.4 is 15.2 Å². The SMILES string of the molecule is COc1cc(C)ccc1OCC1(CCN)CC1. The zero-order valence-electron chi connectivity index (χ0n) is 10.7. The summed E-state index contributed by atoms with van der Waals surface area (Å²) < 4.78 is 11.2. The predicted octanol–water partition coefficient (Wildman–Crippen LogP) is 2.51. The van der Waals surface area contributed by atoms with E-state index in [1.54, 1.807) is 7.11 Å². The van der Waals surface area contributed by atoms with Crippen LogP contribution in [0.5, 0.6) is 11.5 Å². The molecule has 17 heavy (non-hydrogen) atoms. The van der Waals surface area contributed by atoms with E-state index < -0.39 is 0 Å². The molecule has 3 heteroatoms. The van der Waals surface area contributed by atoms with E-state index >= 15 is 0 Å². The lowest BCUT2D eigenvalue weighted by Gasteiger charge is -2.17. The molecule has 0 saturated heterocycles. The summed E-state index contributed by atoms with van der Waals surface area (Å²) in [5.74, 6) is 1.65. The third-order valence-electron chi connectivity index (χ3n) is 3.48. The van der Waals surface area contributed by atoms with E-state index in [0.717, 1.165) is 31.1 Å². The standard InChI is InChI=1S/C14H21NO2/c1-11-3-4-12(13(9-11)16-2)17-10-14(5-6-14)7-8-15/h3-4,9H,5-8,10,15H2,1-2H3. The molecule has 1 saturated carbocycles. The van der Waals surface area contributed by atoms with Crippen molar-refractivity contribution < 1.29 is 9.47 Å². The van der Waals surface area contributed by atoms with Crippen LogP contribution >= 0.6 is 0 Å². The summed E-state index contributed by atoms with van der Waals surface area (Å²) >= 11 is 0. The molecule has 0 aromatic heterocycles. The minimum atomic E-state index is 0.338. The van der Waals surface area contributed by atoms with Crippen LogP contribution in [0, 0.1) is 12.3 Å². The molecule has 0 radical (unpaired) electrons. The maximum Gasteiger partial charge on any atom is 0.161 e. The van der Waals surface area contributed by atoms with Crippen molar-refractivity contribution in [1.82, 2.24) is 0 Å². The van der Waals surface area contributed by atoms with Crippen LogP contribution in [0.1, 0.15) is 24.8 Å². The van der Waals surface area contributed by atoms with Gasteiger partial charge >= 0.3 is 0 Å². The summed E-state index contributed by atoms with van der Waals surface area (Å²) in [5, 5.41) is 0. The number of aryl methyl sites for hydroxylation is 1. The van der Waals surface area contributed by atoms with Crippen LogP contribution in [0.3, 0.4) is 0 Å². The van der Waals surface area contributed by atoms with Gasteiger partial charge in [-0.3, -0.25) is 0 Å². The molecule has 2 N–H and O–H groups in total. The van der Waals surface area contributed by atoms with E-state index in [0.29, 0.717) is 5.41 Å². The normalized spacial score (nSPS) is 16.6. The van der Waals surface area contributed by atoms with Gasteiger partial charge in [-0.25, -0.2) is 0 Å². The molecule has 0 unspecified atom stereocenters. The summed E-state index contributed by atoms with van der Waals surface area (Å²) in [6, 6.07) is 6.02. The highest BCUT2D eigenvalue weighted by atomic mass is 16.5. The molecule has 0 heterocycles. The number of hydrogen-bond acceptors (Lipinski definition) is 3. The second kappa shape index (κ2) is 4.96. The topological polar surface area (TPSA) is 44.5 Å². The van der Waals surface area contributed by atoms with Gasteiger partial charge in [0.2, 0.25) is 0 Å². The molecular formula is C14H21NO2. The molecule has 2 rings (SSSR count). The minimum Gasteiger partial charge on any atom is -0.493 e. The molecule has 3 nitrogen and oxygen atoms in total. The van der Waals surface area contributed by atoms with E-state index in [9.17, 15) is 0 Å². The first-order valence-electron chi connectivity index (χ1n) is 6.17. The van der Waals surface area contributed by atoms with Gasteiger partial charge in [-0.15, -0.1) is 0 Å². The van der Waals surface area contributed by atoms with Crippen molar-refractivity contribution in [2.75, 3.05) is 20.3 Å². The highest BCUT2D eigenvalue weighted by Gasteiger charge is 2.42. The predicted molar refractivity (Wildman–Crippen MR) is 68.6 cm³/mol. The second-order valence-electron chi connectivity index (χ2n) is 4.98. The average molecular weight is 235 g/mol. The van der Waals surface area contributed by atoms with E-state index in [2.05, 4.69) is 0 Å². The van der Waals surface area contributed by atoms with Crippen molar-refractivity contribution in [1.29, 1.82) is 0 Å². The third-order valence-corrected chi connectivity index (χ3v) is 3.48. The van der Waals surface area contributed by atoms with Gasteiger partial charge in [0.1, 0.15) is 0 Å². The lowest BCUT2D eigenvalue weighted by Crippen LogP contribution is -2.17. The smallest absolute Gasteiger partial charge is 0.161 e. The Labute approximate surface area is 103 Å². The first-order chi connectivity index (χ1) is 8.19. The molecular weight excluding hydrogens is 214 g/mol. The first kappa shape index (κ1) is 12.2. The zero-order chi connectivity index (χ0) is 12.3. The molecule has 1 aromatic carbocycles. The molecule has 0 atom stereocenters. The van der Waals surface area contributed by atoms with Crippen molar-refractivity contribution in [2.45, 2.75) is 26.2 Å². The largest absolute Gasteiger partial charge is 0.493 e. The van der Waals surface area contributed by atoms with Crippen LogP contribution in [0.25, 0.3) is 0 Å². The quantitative estimate of drug-likeness (QED) is 0.824. The Morgan fingerprint density at radius 3 is 2.65 bits per heavy atom. The average Bonchev–Trinajstić information content (AvgIpc) is 3.08. The molecule has 1 aromatic rings. The van der Waals surface area contributed by atoms with Crippen LogP contribution in [0.4, 0.5) is 0 Å². The maximum absolute atomic E-state index is 5.88. The Hall–Kier alpha value is -1.22. The number of benzene rings is 1. The highest BCUT2D eigenvalue weighted by Crippen LogP contribution is 2.49. The number of hydrogen-bond donors (Lipinski definition) is 1. The highest BCUT2D eigenvalue weighted by molar-refractivity contribution is 5.42. The number of nitrogens with two attached hydrogens (primary N) is 1. The van der Waals surface area contributed by atoms with Crippen molar-refractivity contribution in [3.05, 3.63) is 23.8 Å². The van der Waals surface area contributed by atoms with E-state index in [1.807, 2.05) is 25.1 Å². The Balaban J connectivity index is 1.99. The van der Waals surface area contributed by atoms with E-state index in [1.165, 1.54) is 18.4 Å². The summed E-state index contributed by atoms with van der Waals surface area (Å²) in [5.41, 5.74) is 7.14. The van der Waals surface area contributed by atoms with E-state index in [-0.39, 0.29) is 0 Å². The maximum atomic E-state index is 5.88. The van der Waals surface area contributed by atoms with Gasteiger partial charge in [-0.05, 0) is 50.4 Å². The lowest BCUT2D eigenvalue weighted by atomic mass is 10.0. The van der Waals surface area contributed by atoms with Crippen molar-refractivity contribution in [3.63, 3.8) is 0 Å². The van der Waals surface area contributed by atoms with Gasteiger partial charge in [0.25, 0.3) is 0 Å². The zero-order valence-corrected chi connectivity index (χ0v) is 10.7. The Morgan fingerprint density at radius 1 is 1.29 bits per heavy atom. The first-order valence-corrected chi connectivity index (χ1v) is 6.17. The van der Waals surface area contributed by atoms with E-state index in [4.69, 9.17) is 15.2 Å². The summed E-state index contributed by atoms with van der Waals surface area (Å²) in [7, 11) is 1.68. The Morgan fingerprint density at radius 2 is 2.06 bits per heavy atom. The fourth-order valence-electron chi connectivity index (χ4n) is 2.07. The molecule has 1 aliphatic carbocycles. The lowest BCUT2D eigenvalue weighted by molar-refractivity contribution is 0.218. The van der Waals surface area contributed by atoms with Gasteiger partial charge in [0.15, 0.2) is 11.5 Å². The molecule has 0 aliphatic heterocycles. The van der Waals surface area contributed by atoms with Crippen LogP contribution in [0.15, 0.2) is 18.2 Å². The molecule has 0 bridgehead atoms. The minimum absolute atomic E-state index is 0.338. The summed E-state index contributed by atoms with van der Waals surface area (Å²) in [6.45, 7) is 3.54. The number of ether oxygens (including phenoxy) is 2. The van der Waals surface area contributed by atoms with Crippen LogP contribution in [-0.2, 0) is 0 Å². The number of rotatable bonds is 6. The van der Waals surface area contributed by atoms with Crippen molar-refractivity contribution in [3.8, 4) is 11.5 Å².